The molecule has 15 nitrogen and oxygen atoms in total. The second-order valence-corrected chi connectivity index (χ2v) is 19.9. The van der Waals surface area contributed by atoms with Crippen LogP contribution in [-0.2, 0) is 6.54 Å². The lowest BCUT2D eigenvalue weighted by molar-refractivity contribution is 0.102. The number of nitrogens with one attached hydrogen (secondary N) is 5. The highest BCUT2D eigenvalue weighted by Gasteiger charge is 2.23. The lowest BCUT2D eigenvalue weighted by atomic mass is 10.0. The molecule has 1 aliphatic heterocycles. The molecule has 13 aromatic rings. The Morgan fingerprint density at radius 3 is 2.14 bits per heavy atom. The molecule has 1 aromatic carbocycles. The van der Waals surface area contributed by atoms with E-state index >= 15 is 0 Å². The summed E-state index contributed by atoms with van der Waals surface area (Å²) in [5.74, 6) is -0.230. The van der Waals surface area contributed by atoms with E-state index in [1.54, 1.807) is 47.2 Å². The molecule has 0 unspecified atom stereocenters. The molecule has 0 saturated carbocycles. The summed E-state index contributed by atoms with van der Waals surface area (Å²) in [6.07, 6.45) is 13.4. The van der Waals surface area contributed by atoms with Gasteiger partial charge in [0.25, 0.3) is 5.91 Å². The molecule has 1 saturated heterocycles. The van der Waals surface area contributed by atoms with Crippen molar-refractivity contribution in [2.45, 2.75) is 19.4 Å². The van der Waals surface area contributed by atoms with Crippen LogP contribution >= 0.6 is 22.7 Å². The van der Waals surface area contributed by atoms with E-state index in [1.165, 1.54) is 18.4 Å². The summed E-state index contributed by atoms with van der Waals surface area (Å²) < 4.78 is 0. The first-order valence-electron chi connectivity index (χ1n) is 23.8. The van der Waals surface area contributed by atoms with Gasteiger partial charge in [0.2, 0.25) is 0 Å². The predicted molar refractivity (Wildman–Crippen MR) is 289 cm³/mol. The Morgan fingerprint density at radius 2 is 1.36 bits per heavy atom. The maximum atomic E-state index is 13.3. The number of carbonyl (C=O) groups is 1. The first-order chi connectivity index (χ1) is 36.0. The van der Waals surface area contributed by atoms with Crippen LogP contribution in [0.2, 0.25) is 0 Å². The molecule has 5 N–H and O–H groups in total. The van der Waals surface area contributed by atoms with E-state index < -0.39 is 0 Å². The Balaban J connectivity index is 0.842. The number of amides is 1. The lowest BCUT2D eigenvalue weighted by Crippen LogP contribution is -2.18. The average molecular weight is 989 g/mol. The quantitative estimate of drug-likeness (QED) is 0.0831. The molecule has 352 valence electrons. The molecule has 13 heterocycles. The van der Waals surface area contributed by atoms with E-state index in [0.717, 1.165) is 125 Å². The van der Waals surface area contributed by atoms with Crippen LogP contribution in [0.5, 0.6) is 0 Å². The van der Waals surface area contributed by atoms with Gasteiger partial charge in [0.05, 0.1) is 57.1 Å². The molecular formula is C56H40N14OS2. The summed E-state index contributed by atoms with van der Waals surface area (Å²) in [6.45, 7) is 3.14. The number of aromatic nitrogens is 12. The van der Waals surface area contributed by atoms with Gasteiger partial charge in [0, 0.05) is 108 Å². The zero-order valence-electron chi connectivity index (χ0n) is 38.7. The number of aromatic amines is 4. The van der Waals surface area contributed by atoms with E-state index in [2.05, 4.69) is 92.9 Å². The Labute approximate surface area is 423 Å². The Kier molecular flexibility index (Phi) is 10.4. The van der Waals surface area contributed by atoms with Crippen molar-refractivity contribution in [2.24, 2.45) is 0 Å². The van der Waals surface area contributed by atoms with Gasteiger partial charge in [-0.2, -0.15) is 21.5 Å². The number of hydrogen-bond acceptors (Lipinski definition) is 12. The molecule has 17 heteroatoms. The number of nitrogens with zero attached hydrogens (tertiary/aromatic N) is 9. The molecule has 0 radical (unpaired) electrons. The fourth-order valence-corrected chi connectivity index (χ4v) is 11.5. The van der Waals surface area contributed by atoms with Crippen molar-refractivity contribution in [3.8, 4) is 78.2 Å². The fraction of sp³-hybridized carbons (Fsp3) is 0.0893. The van der Waals surface area contributed by atoms with Gasteiger partial charge in [-0.1, -0.05) is 18.2 Å². The highest BCUT2D eigenvalue weighted by Crippen LogP contribution is 2.42. The maximum absolute atomic E-state index is 13.3. The van der Waals surface area contributed by atoms with Gasteiger partial charge in [-0.05, 0) is 116 Å². The molecular weight excluding hydrogens is 949 g/mol. The molecule has 1 aliphatic rings. The van der Waals surface area contributed by atoms with Crippen molar-refractivity contribution in [3.05, 3.63) is 162 Å². The van der Waals surface area contributed by atoms with Crippen molar-refractivity contribution < 1.29 is 4.79 Å². The number of pyridine rings is 6. The minimum Gasteiger partial charge on any atom is -0.353 e. The van der Waals surface area contributed by atoms with Gasteiger partial charge >= 0.3 is 0 Å². The Hall–Kier alpha value is -9.03. The van der Waals surface area contributed by atoms with Crippen LogP contribution in [0.4, 0.5) is 5.69 Å². The number of thiophene rings is 2. The SMILES string of the molecule is O=C(Nc1cncc(-c2cc(-c3cc(-c4nccc5[nH]c(-c6n[nH]c7ccc(-c8cncc(CN9CCCC9)c8)nc67)cc45)cs3)c3[nH]nc(-c4cc5c(-c6ccsc6)nccc5[nH]4)c3n2)c1)c1ccccc1. The molecule has 0 aliphatic carbocycles. The highest BCUT2D eigenvalue weighted by molar-refractivity contribution is 7.14. The Morgan fingerprint density at radius 1 is 0.630 bits per heavy atom. The normalized spacial score (nSPS) is 13.0. The molecule has 0 bridgehead atoms. The van der Waals surface area contributed by atoms with Crippen molar-refractivity contribution in [3.63, 3.8) is 0 Å². The number of rotatable bonds is 11. The van der Waals surface area contributed by atoms with Crippen LogP contribution in [0.3, 0.4) is 0 Å². The third-order valence-electron chi connectivity index (χ3n) is 13.5. The van der Waals surface area contributed by atoms with Gasteiger partial charge in [0.1, 0.15) is 22.4 Å². The summed E-state index contributed by atoms with van der Waals surface area (Å²) >= 11 is 3.25. The van der Waals surface area contributed by atoms with Crippen LogP contribution in [0.15, 0.2) is 150 Å². The molecule has 1 amide bonds. The number of hydrogen-bond donors (Lipinski definition) is 5. The smallest absolute Gasteiger partial charge is 0.255 e. The monoisotopic (exact) mass is 988 g/mol. The summed E-state index contributed by atoms with van der Waals surface area (Å²) in [5.41, 5.74) is 18.0. The predicted octanol–water partition coefficient (Wildman–Crippen LogP) is 12.4. The summed E-state index contributed by atoms with van der Waals surface area (Å²) in [5, 5.41) is 27.5. The molecule has 12 aromatic heterocycles. The average Bonchev–Trinajstić information content (AvgIpc) is 4.29. The van der Waals surface area contributed by atoms with Gasteiger partial charge in [-0.15, -0.1) is 11.3 Å². The standard InChI is InChI=1S/C56H40N14OS2/c71-56(32-6-2-1-3-7-32)61-37-19-35(26-58-27-37)45-23-40(51-55(65-45)54(69-67-51)47-21-38-42(63-47)10-13-59-49(38)33-12-17-72-29-33)48-20-36(30-73-48)50-39-22-46(62-43(39)11-14-60-50)53-52-44(66-68-53)9-8-41(64-52)34-18-31(24-57-25-34)28-70-15-4-5-16-70/h1-3,6-14,17-27,29-30,62-63H,4-5,15-16,28H2,(H,61,71)(H,66,68)(H,67,69). The van der Waals surface area contributed by atoms with E-state index in [0.29, 0.717) is 28.2 Å². The Bertz CT molecular complexity index is 4220. The van der Waals surface area contributed by atoms with Crippen LogP contribution in [0.1, 0.15) is 28.8 Å². The van der Waals surface area contributed by atoms with Gasteiger partial charge < -0.3 is 15.3 Å². The van der Waals surface area contributed by atoms with Crippen molar-refractivity contribution in [1.29, 1.82) is 0 Å². The fourth-order valence-electron chi connectivity index (χ4n) is 9.95. The molecule has 73 heavy (non-hydrogen) atoms. The van der Waals surface area contributed by atoms with Gasteiger partial charge in [-0.25, -0.2) is 9.97 Å². The van der Waals surface area contributed by atoms with Crippen LogP contribution < -0.4 is 5.32 Å². The van der Waals surface area contributed by atoms with E-state index in [9.17, 15) is 4.79 Å². The third kappa shape index (κ3) is 7.82. The van der Waals surface area contributed by atoms with Gasteiger partial charge in [0.15, 0.2) is 0 Å². The highest BCUT2D eigenvalue weighted by atomic mass is 32.1. The van der Waals surface area contributed by atoms with Crippen LogP contribution in [0.25, 0.3) is 122 Å². The number of fused-ring (bicyclic) bond motifs is 4. The molecule has 0 atom stereocenters. The maximum Gasteiger partial charge on any atom is 0.255 e. The minimum absolute atomic E-state index is 0.230. The zero-order valence-corrected chi connectivity index (χ0v) is 40.4. The van der Waals surface area contributed by atoms with Crippen molar-refractivity contribution >= 4 is 78.1 Å². The molecule has 1 fully saturated rings. The summed E-state index contributed by atoms with van der Waals surface area (Å²) in [7, 11) is 0. The minimum atomic E-state index is -0.230. The second-order valence-electron chi connectivity index (χ2n) is 18.2. The van der Waals surface area contributed by atoms with Crippen LogP contribution in [-0.4, -0.2) is 84.2 Å². The van der Waals surface area contributed by atoms with Gasteiger partial charge in [-0.3, -0.25) is 39.8 Å². The summed E-state index contributed by atoms with van der Waals surface area (Å²) in [4.78, 5) is 53.2. The largest absolute Gasteiger partial charge is 0.353 e. The molecule has 0 spiro atoms. The lowest BCUT2D eigenvalue weighted by Gasteiger charge is -2.14. The van der Waals surface area contributed by atoms with Crippen molar-refractivity contribution in [2.75, 3.05) is 18.4 Å². The number of carbonyl (C=O) groups excluding carboxylic acids is 1. The first-order valence-corrected chi connectivity index (χ1v) is 25.7. The number of benzene rings is 1. The third-order valence-corrected chi connectivity index (χ3v) is 15.1. The number of likely N-dealkylation sites (tertiary alicyclic amines) is 1. The number of anilines is 1. The second kappa shape index (κ2) is 17.7. The van der Waals surface area contributed by atoms with E-state index in [1.807, 2.05) is 73.3 Å². The van der Waals surface area contributed by atoms with Crippen molar-refractivity contribution in [1.82, 2.24) is 65.2 Å². The van der Waals surface area contributed by atoms with Crippen LogP contribution in [0, 0.1) is 0 Å². The topological polar surface area (TPSA) is 199 Å². The zero-order chi connectivity index (χ0) is 48.4. The first kappa shape index (κ1) is 42.8. The molecule has 14 rings (SSSR count). The van der Waals surface area contributed by atoms with E-state index in [4.69, 9.17) is 30.1 Å². The summed E-state index contributed by atoms with van der Waals surface area (Å²) in [6, 6.07) is 31.7. The van der Waals surface area contributed by atoms with E-state index in [-0.39, 0.29) is 5.91 Å². The number of H-pyrrole nitrogens is 4.